The lowest BCUT2D eigenvalue weighted by atomic mass is 10.1. The highest BCUT2D eigenvalue weighted by atomic mass is 16.3. The van der Waals surface area contributed by atoms with Gasteiger partial charge in [-0.25, -0.2) is 0 Å². The first kappa shape index (κ1) is 7.90. The highest BCUT2D eigenvalue weighted by Gasteiger charge is 2.05. The minimum Gasteiger partial charge on any atom is -0.472 e. The molecule has 2 heteroatoms. The third-order valence-electron chi connectivity index (χ3n) is 1.40. The highest BCUT2D eigenvalue weighted by molar-refractivity contribution is 5.12. The largest absolute Gasteiger partial charge is 0.472 e. The summed E-state index contributed by atoms with van der Waals surface area (Å²) in [6.07, 6.45) is 3.02. The minimum absolute atomic E-state index is 0.468. The molecule has 2 nitrogen and oxygen atoms in total. The van der Waals surface area contributed by atoms with Gasteiger partial charge in [0.1, 0.15) is 0 Å². The van der Waals surface area contributed by atoms with E-state index in [1.54, 1.807) is 13.0 Å². The molecule has 1 N–H and O–H groups in total. The van der Waals surface area contributed by atoms with Crippen molar-refractivity contribution in [1.29, 1.82) is 0 Å². The molecule has 0 fully saturated rings. The van der Waals surface area contributed by atoms with Crippen LogP contribution >= 0.6 is 0 Å². The van der Waals surface area contributed by atoms with Crippen LogP contribution in [0.3, 0.4) is 0 Å². The van der Waals surface area contributed by atoms with E-state index in [2.05, 4.69) is 11.8 Å². The van der Waals surface area contributed by atoms with E-state index in [1.807, 2.05) is 0 Å². The Kier molecular flexibility index (Phi) is 2.76. The standard InChI is InChI=1S/C9H10O2/c1-2-3-4-9(10)8-5-6-11-7-8/h5-7,9-10H,4H2,1H3. The average molecular weight is 150 g/mol. The normalized spacial score (nSPS) is 11.8. The summed E-state index contributed by atoms with van der Waals surface area (Å²) < 4.78 is 4.81. The van der Waals surface area contributed by atoms with Gasteiger partial charge in [-0.15, -0.1) is 11.8 Å². The quantitative estimate of drug-likeness (QED) is 0.651. The van der Waals surface area contributed by atoms with Crippen molar-refractivity contribution in [3.8, 4) is 11.8 Å². The van der Waals surface area contributed by atoms with Crippen molar-refractivity contribution in [3.63, 3.8) is 0 Å². The van der Waals surface area contributed by atoms with Crippen molar-refractivity contribution in [2.24, 2.45) is 0 Å². The van der Waals surface area contributed by atoms with Gasteiger partial charge in [0.2, 0.25) is 0 Å². The maximum absolute atomic E-state index is 9.38. The van der Waals surface area contributed by atoms with Crippen LogP contribution in [-0.4, -0.2) is 5.11 Å². The number of furan rings is 1. The van der Waals surface area contributed by atoms with Crippen LogP contribution < -0.4 is 0 Å². The second-order valence-electron chi connectivity index (χ2n) is 2.20. The highest BCUT2D eigenvalue weighted by Crippen LogP contribution is 2.15. The van der Waals surface area contributed by atoms with Gasteiger partial charge < -0.3 is 9.52 Å². The zero-order valence-electron chi connectivity index (χ0n) is 6.37. The fourth-order valence-electron chi connectivity index (χ4n) is 0.781. The molecule has 58 valence electrons. The molecule has 0 saturated heterocycles. The van der Waals surface area contributed by atoms with Crippen LogP contribution in [-0.2, 0) is 0 Å². The summed E-state index contributed by atoms with van der Waals surface area (Å²) in [5, 5.41) is 9.38. The Morgan fingerprint density at radius 2 is 2.55 bits per heavy atom. The zero-order chi connectivity index (χ0) is 8.10. The molecule has 0 spiro atoms. The van der Waals surface area contributed by atoms with Gasteiger partial charge in [0.05, 0.1) is 18.6 Å². The van der Waals surface area contributed by atoms with Crippen LogP contribution in [0.1, 0.15) is 25.0 Å². The van der Waals surface area contributed by atoms with E-state index in [0.29, 0.717) is 6.42 Å². The van der Waals surface area contributed by atoms with Crippen molar-refractivity contribution >= 4 is 0 Å². The lowest BCUT2D eigenvalue weighted by molar-refractivity contribution is 0.183. The van der Waals surface area contributed by atoms with Gasteiger partial charge in [0.25, 0.3) is 0 Å². The molecule has 1 atom stereocenters. The van der Waals surface area contributed by atoms with Crippen molar-refractivity contribution in [1.82, 2.24) is 0 Å². The smallest absolute Gasteiger partial charge is 0.0960 e. The third kappa shape index (κ3) is 2.14. The van der Waals surface area contributed by atoms with E-state index >= 15 is 0 Å². The molecule has 1 aromatic rings. The molecule has 0 aliphatic rings. The number of rotatable bonds is 2. The van der Waals surface area contributed by atoms with E-state index in [1.165, 1.54) is 12.5 Å². The number of hydrogen-bond donors (Lipinski definition) is 1. The van der Waals surface area contributed by atoms with Crippen LogP contribution in [0.5, 0.6) is 0 Å². The molecule has 0 aliphatic carbocycles. The minimum atomic E-state index is -0.513. The van der Waals surface area contributed by atoms with Gasteiger partial charge >= 0.3 is 0 Å². The predicted molar refractivity (Wildman–Crippen MR) is 41.7 cm³/mol. The number of aliphatic hydroxyl groups is 1. The first-order chi connectivity index (χ1) is 5.34. The van der Waals surface area contributed by atoms with Crippen LogP contribution in [0.15, 0.2) is 23.0 Å². The number of aliphatic hydroxyl groups excluding tert-OH is 1. The molecule has 0 aliphatic heterocycles. The summed E-state index contributed by atoms with van der Waals surface area (Å²) in [5.41, 5.74) is 0.785. The van der Waals surface area contributed by atoms with Crippen molar-refractivity contribution in [2.45, 2.75) is 19.4 Å². The Morgan fingerprint density at radius 3 is 3.09 bits per heavy atom. The molecule has 1 unspecified atom stereocenters. The second kappa shape index (κ2) is 3.85. The zero-order valence-corrected chi connectivity index (χ0v) is 6.37. The van der Waals surface area contributed by atoms with E-state index in [0.717, 1.165) is 5.56 Å². The summed E-state index contributed by atoms with van der Waals surface area (Å²) in [7, 11) is 0. The van der Waals surface area contributed by atoms with Crippen LogP contribution in [0.25, 0.3) is 0 Å². The Labute approximate surface area is 65.8 Å². The van der Waals surface area contributed by atoms with Crippen LogP contribution in [0.2, 0.25) is 0 Å². The lowest BCUT2D eigenvalue weighted by Crippen LogP contribution is -1.92. The molecule has 1 rings (SSSR count). The molecule has 1 aromatic heterocycles. The molecular formula is C9H10O2. The Morgan fingerprint density at radius 1 is 1.73 bits per heavy atom. The molecule has 1 heterocycles. The molecular weight excluding hydrogens is 140 g/mol. The monoisotopic (exact) mass is 150 g/mol. The Hall–Kier alpha value is -1.20. The topological polar surface area (TPSA) is 33.4 Å². The first-order valence-corrected chi connectivity index (χ1v) is 3.44. The van der Waals surface area contributed by atoms with Crippen molar-refractivity contribution < 1.29 is 9.52 Å². The summed E-state index contributed by atoms with van der Waals surface area (Å²) in [4.78, 5) is 0. The molecule has 0 saturated carbocycles. The SMILES string of the molecule is CC#CCC(O)c1ccoc1. The molecule has 0 radical (unpaired) electrons. The maximum Gasteiger partial charge on any atom is 0.0960 e. The predicted octanol–water partition coefficient (Wildman–Crippen LogP) is 1.73. The molecule has 0 aromatic carbocycles. The van der Waals surface area contributed by atoms with Crippen LogP contribution in [0, 0.1) is 11.8 Å². The fourth-order valence-corrected chi connectivity index (χ4v) is 0.781. The van der Waals surface area contributed by atoms with Gasteiger partial charge in [-0.05, 0) is 13.0 Å². The van der Waals surface area contributed by atoms with E-state index in [4.69, 9.17) is 4.42 Å². The molecule has 11 heavy (non-hydrogen) atoms. The average Bonchev–Trinajstić information content (AvgIpc) is 2.52. The van der Waals surface area contributed by atoms with E-state index in [9.17, 15) is 5.11 Å². The lowest BCUT2D eigenvalue weighted by Gasteiger charge is -2.00. The van der Waals surface area contributed by atoms with Crippen molar-refractivity contribution in [2.75, 3.05) is 0 Å². The van der Waals surface area contributed by atoms with E-state index < -0.39 is 6.10 Å². The van der Waals surface area contributed by atoms with E-state index in [-0.39, 0.29) is 0 Å². The number of hydrogen-bond acceptors (Lipinski definition) is 2. The van der Waals surface area contributed by atoms with Gasteiger partial charge in [-0.1, -0.05) is 0 Å². The summed E-state index contributed by atoms with van der Waals surface area (Å²) in [6, 6.07) is 1.74. The molecule has 0 bridgehead atoms. The van der Waals surface area contributed by atoms with Gasteiger partial charge in [-0.3, -0.25) is 0 Å². The van der Waals surface area contributed by atoms with Gasteiger partial charge in [0, 0.05) is 12.0 Å². The summed E-state index contributed by atoms with van der Waals surface area (Å²) in [5.74, 6) is 5.51. The second-order valence-corrected chi connectivity index (χ2v) is 2.20. The fraction of sp³-hybridized carbons (Fsp3) is 0.333. The Balaban J connectivity index is 2.53. The summed E-state index contributed by atoms with van der Waals surface area (Å²) in [6.45, 7) is 1.75. The maximum atomic E-state index is 9.38. The summed E-state index contributed by atoms with van der Waals surface area (Å²) >= 11 is 0. The molecule has 0 amide bonds. The van der Waals surface area contributed by atoms with Crippen molar-refractivity contribution in [3.05, 3.63) is 24.2 Å². The van der Waals surface area contributed by atoms with Crippen LogP contribution in [0.4, 0.5) is 0 Å². The third-order valence-corrected chi connectivity index (χ3v) is 1.40. The van der Waals surface area contributed by atoms with Gasteiger partial charge in [-0.2, -0.15) is 0 Å². The van der Waals surface area contributed by atoms with Gasteiger partial charge in [0.15, 0.2) is 0 Å². The first-order valence-electron chi connectivity index (χ1n) is 3.44. The Bertz CT molecular complexity index is 251.